The lowest BCUT2D eigenvalue weighted by Gasteiger charge is -2.08. The fraction of sp³-hybridized carbons (Fsp3) is 0.571. The highest BCUT2D eigenvalue weighted by atomic mass is 14.9. The van der Waals surface area contributed by atoms with Crippen LogP contribution >= 0.6 is 0 Å². The zero-order valence-electron chi connectivity index (χ0n) is 9.77. The van der Waals surface area contributed by atoms with E-state index in [4.69, 9.17) is 0 Å². The Morgan fingerprint density at radius 2 is 2.07 bits per heavy atom. The molecule has 0 aromatic carbocycles. The van der Waals surface area contributed by atoms with Crippen LogP contribution in [0.4, 0.5) is 0 Å². The molecule has 0 aromatic rings. The first-order chi connectivity index (χ1) is 6.79. The Balaban J connectivity index is 0. The highest BCUT2D eigenvalue weighted by Crippen LogP contribution is 2.11. The van der Waals surface area contributed by atoms with Crippen LogP contribution in [0.2, 0.25) is 0 Å². The van der Waals surface area contributed by atoms with Gasteiger partial charge in [0, 0.05) is 12.2 Å². The van der Waals surface area contributed by atoms with Crippen molar-refractivity contribution in [1.29, 1.82) is 0 Å². The topological polar surface area (TPSA) is 12.0 Å². The normalized spacial score (nSPS) is 12.9. The summed E-state index contributed by atoms with van der Waals surface area (Å²) in [4.78, 5) is 0. The second kappa shape index (κ2) is 11.1. The monoisotopic (exact) mass is 209 g/mol. The minimum atomic E-state index is 0. The minimum Gasteiger partial charge on any atom is -0.389 e. The zero-order valence-corrected chi connectivity index (χ0v) is 9.77. The maximum atomic E-state index is 3.79. The molecule has 1 heteroatoms. The van der Waals surface area contributed by atoms with Crippen LogP contribution in [0, 0.1) is 0 Å². The van der Waals surface area contributed by atoms with E-state index in [1.807, 2.05) is 20.8 Å². The lowest BCUT2D eigenvalue weighted by Crippen LogP contribution is -2.12. The molecule has 0 unspecified atom stereocenters. The fourth-order valence-electron chi connectivity index (χ4n) is 1.27. The smallest absolute Gasteiger partial charge is 0.0184 e. The van der Waals surface area contributed by atoms with E-state index in [1.165, 1.54) is 18.4 Å². The first-order valence-electron chi connectivity index (χ1n) is 5.54. The maximum absolute atomic E-state index is 3.79. The van der Waals surface area contributed by atoms with Gasteiger partial charge in [-0.05, 0) is 26.2 Å². The fourth-order valence-corrected chi connectivity index (χ4v) is 1.27. The summed E-state index contributed by atoms with van der Waals surface area (Å²) in [5.74, 6) is 0. The third-order valence-electron chi connectivity index (χ3n) is 1.91. The summed E-state index contributed by atoms with van der Waals surface area (Å²) in [6.45, 7) is 10.8. The third kappa shape index (κ3) is 9.33. The molecule has 0 fully saturated rings. The number of nitrogens with one attached hydrogen (secondary N) is 1. The van der Waals surface area contributed by atoms with Gasteiger partial charge in [-0.25, -0.2) is 0 Å². The van der Waals surface area contributed by atoms with Gasteiger partial charge in [-0.3, -0.25) is 0 Å². The van der Waals surface area contributed by atoms with Crippen molar-refractivity contribution in [3.63, 3.8) is 0 Å². The van der Waals surface area contributed by atoms with E-state index in [0.29, 0.717) is 0 Å². The predicted molar refractivity (Wildman–Crippen MR) is 72.0 cm³/mol. The van der Waals surface area contributed by atoms with E-state index in [1.54, 1.807) is 0 Å². The summed E-state index contributed by atoms with van der Waals surface area (Å²) in [5.41, 5.74) is 2.50. The summed E-state index contributed by atoms with van der Waals surface area (Å²) in [6, 6.07) is 0. The Labute approximate surface area is 96.0 Å². The Hall–Kier alpha value is -0.980. The van der Waals surface area contributed by atoms with Crippen LogP contribution in [0.15, 0.2) is 36.1 Å². The highest BCUT2D eigenvalue weighted by Gasteiger charge is 1.96. The van der Waals surface area contributed by atoms with E-state index in [-0.39, 0.29) is 7.43 Å². The molecular formula is C14H27N. The lowest BCUT2D eigenvalue weighted by molar-refractivity contribution is 0.786. The van der Waals surface area contributed by atoms with Gasteiger partial charge >= 0.3 is 0 Å². The summed E-state index contributed by atoms with van der Waals surface area (Å²) < 4.78 is 0. The summed E-state index contributed by atoms with van der Waals surface area (Å²) >= 11 is 0. The SMILES string of the molecule is C.C=C(C)NCCC1=CCCC=C1.CC. The van der Waals surface area contributed by atoms with E-state index in [2.05, 4.69) is 30.1 Å². The molecule has 1 aliphatic carbocycles. The standard InChI is InChI=1S/C11H17N.C2H6.CH4/c1-10(2)12-9-8-11-6-4-3-5-7-11;1-2;/h4,6-7,12H,1,3,5,8-9H2,2H3;1-2H3;1H4. The van der Waals surface area contributed by atoms with Crippen molar-refractivity contribution in [2.75, 3.05) is 6.54 Å². The van der Waals surface area contributed by atoms with Gasteiger partial charge in [0.25, 0.3) is 0 Å². The van der Waals surface area contributed by atoms with Crippen molar-refractivity contribution in [2.24, 2.45) is 0 Å². The molecule has 1 rings (SSSR count). The average molecular weight is 209 g/mol. The van der Waals surface area contributed by atoms with Crippen LogP contribution in [0.25, 0.3) is 0 Å². The number of hydrogen-bond donors (Lipinski definition) is 1. The van der Waals surface area contributed by atoms with Crippen LogP contribution < -0.4 is 5.32 Å². The molecule has 0 amide bonds. The van der Waals surface area contributed by atoms with Gasteiger partial charge in [0.1, 0.15) is 0 Å². The second-order valence-electron chi connectivity index (χ2n) is 3.22. The van der Waals surface area contributed by atoms with Crippen LogP contribution in [0.5, 0.6) is 0 Å². The molecule has 1 nitrogen and oxygen atoms in total. The molecule has 0 aliphatic heterocycles. The van der Waals surface area contributed by atoms with Crippen molar-refractivity contribution in [3.8, 4) is 0 Å². The molecule has 0 saturated carbocycles. The van der Waals surface area contributed by atoms with Crippen molar-refractivity contribution in [1.82, 2.24) is 5.32 Å². The van der Waals surface area contributed by atoms with Gasteiger partial charge < -0.3 is 5.32 Å². The Kier molecular flexibility index (Phi) is 12.2. The van der Waals surface area contributed by atoms with Gasteiger partial charge in [-0.15, -0.1) is 0 Å². The largest absolute Gasteiger partial charge is 0.389 e. The molecule has 0 radical (unpaired) electrons. The average Bonchev–Trinajstić information content (AvgIpc) is 2.22. The molecule has 1 aliphatic rings. The molecule has 0 saturated heterocycles. The highest BCUT2D eigenvalue weighted by molar-refractivity contribution is 5.22. The Morgan fingerprint density at radius 1 is 1.40 bits per heavy atom. The first-order valence-corrected chi connectivity index (χ1v) is 5.54. The van der Waals surface area contributed by atoms with Crippen LogP contribution in [-0.4, -0.2) is 6.54 Å². The van der Waals surface area contributed by atoms with Crippen LogP contribution in [0.3, 0.4) is 0 Å². The van der Waals surface area contributed by atoms with Crippen molar-refractivity contribution in [3.05, 3.63) is 36.1 Å². The van der Waals surface area contributed by atoms with Gasteiger partial charge in [0.05, 0.1) is 0 Å². The molecule has 88 valence electrons. The Bertz CT molecular complexity index is 211. The van der Waals surface area contributed by atoms with Crippen molar-refractivity contribution < 1.29 is 0 Å². The maximum Gasteiger partial charge on any atom is 0.0184 e. The summed E-state index contributed by atoms with van der Waals surface area (Å²) in [7, 11) is 0. The van der Waals surface area contributed by atoms with Gasteiger partial charge in [0.15, 0.2) is 0 Å². The first kappa shape index (κ1) is 16.4. The number of allylic oxidation sites excluding steroid dienone is 4. The summed E-state index contributed by atoms with van der Waals surface area (Å²) in [6.07, 6.45) is 10.3. The van der Waals surface area contributed by atoms with Crippen LogP contribution in [-0.2, 0) is 0 Å². The molecule has 0 heterocycles. The zero-order chi connectivity index (χ0) is 10.8. The second-order valence-corrected chi connectivity index (χ2v) is 3.22. The third-order valence-corrected chi connectivity index (χ3v) is 1.91. The summed E-state index contributed by atoms with van der Waals surface area (Å²) in [5, 5.41) is 3.22. The van der Waals surface area contributed by atoms with Crippen molar-refractivity contribution >= 4 is 0 Å². The lowest BCUT2D eigenvalue weighted by atomic mass is 10.0. The molecule has 1 N–H and O–H groups in total. The molecule has 0 bridgehead atoms. The van der Waals surface area contributed by atoms with E-state index >= 15 is 0 Å². The minimum absolute atomic E-state index is 0. The molecule has 0 atom stereocenters. The molecular weight excluding hydrogens is 182 g/mol. The van der Waals surface area contributed by atoms with Crippen LogP contribution in [0.1, 0.15) is 47.5 Å². The Morgan fingerprint density at radius 3 is 2.53 bits per heavy atom. The van der Waals surface area contributed by atoms with Gasteiger partial charge in [-0.2, -0.15) is 0 Å². The van der Waals surface area contributed by atoms with Crippen molar-refractivity contribution in [2.45, 2.75) is 47.5 Å². The number of rotatable bonds is 4. The quantitative estimate of drug-likeness (QED) is 0.722. The van der Waals surface area contributed by atoms with E-state index < -0.39 is 0 Å². The van der Waals surface area contributed by atoms with Gasteiger partial charge in [-0.1, -0.05) is 51.7 Å². The van der Waals surface area contributed by atoms with E-state index in [0.717, 1.165) is 18.7 Å². The molecule has 0 spiro atoms. The predicted octanol–water partition coefficient (Wildman–Crippen LogP) is 4.44. The molecule has 0 aromatic heterocycles. The van der Waals surface area contributed by atoms with Gasteiger partial charge in [0.2, 0.25) is 0 Å². The van der Waals surface area contributed by atoms with E-state index in [9.17, 15) is 0 Å². The number of hydrogen-bond acceptors (Lipinski definition) is 1. The molecule has 15 heavy (non-hydrogen) atoms.